The lowest BCUT2D eigenvalue weighted by molar-refractivity contribution is 0.886. The number of pyridine rings is 2. The van der Waals surface area contributed by atoms with Crippen molar-refractivity contribution < 1.29 is 0 Å². The van der Waals surface area contributed by atoms with E-state index in [4.69, 9.17) is 23.2 Å². The first kappa shape index (κ1) is 14.8. The normalized spacial score (nSPS) is 11.9. The zero-order valence-electron chi connectivity index (χ0n) is 11.6. The molecule has 0 saturated heterocycles. The van der Waals surface area contributed by atoms with Crippen molar-refractivity contribution in [3.8, 4) is 0 Å². The predicted octanol–water partition coefficient (Wildman–Crippen LogP) is 4.98. The van der Waals surface area contributed by atoms with Crippen molar-refractivity contribution in [2.75, 3.05) is 5.32 Å². The predicted molar refractivity (Wildman–Crippen MR) is 90.4 cm³/mol. The zero-order valence-corrected chi connectivity index (χ0v) is 13.1. The Labute approximate surface area is 139 Å². The van der Waals surface area contributed by atoms with E-state index in [1.807, 2.05) is 48.5 Å². The van der Waals surface area contributed by atoms with Gasteiger partial charge in [0.15, 0.2) is 0 Å². The first-order valence-electron chi connectivity index (χ1n) is 6.77. The summed E-state index contributed by atoms with van der Waals surface area (Å²) in [5, 5.41) is 4.56. The number of rotatable bonds is 4. The summed E-state index contributed by atoms with van der Waals surface area (Å²) in [5.74, 6) is 0. The van der Waals surface area contributed by atoms with Crippen LogP contribution in [0.5, 0.6) is 0 Å². The van der Waals surface area contributed by atoms with Crippen LogP contribution in [0.25, 0.3) is 0 Å². The Hall–Kier alpha value is -2.10. The van der Waals surface area contributed by atoms with Gasteiger partial charge in [0.1, 0.15) is 5.15 Å². The molecule has 1 N–H and O–H groups in total. The Morgan fingerprint density at radius 2 is 1.77 bits per heavy atom. The van der Waals surface area contributed by atoms with Crippen LogP contribution in [0.1, 0.15) is 17.3 Å². The summed E-state index contributed by atoms with van der Waals surface area (Å²) in [6.45, 7) is 0. The molecule has 0 aliphatic carbocycles. The molecule has 0 amide bonds. The molecule has 0 radical (unpaired) electrons. The lowest BCUT2D eigenvalue weighted by atomic mass is 10.0. The van der Waals surface area contributed by atoms with Crippen LogP contribution in [0, 0.1) is 0 Å². The highest BCUT2D eigenvalue weighted by atomic mass is 35.5. The van der Waals surface area contributed by atoms with Gasteiger partial charge in [0.05, 0.1) is 11.7 Å². The maximum Gasteiger partial charge on any atom is 0.131 e. The minimum Gasteiger partial charge on any atom is -0.373 e. The van der Waals surface area contributed by atoms with Crippen molar-refractivity contribution in [1.82, 2.24) is 9.97 Å². The van der Waals surface area contributed by atoms with Crippen molar-refractivity contribution in [3.05, 3.63) is 88.4 Å². The second-order valence-electron chi connectivity index (χ2n) is 4.75. The molecule has 0 saturated carbocycles. The van der Waals surface area contributed by atoms with Crippen LogP contribution in [0.15, 0.2) is 67.0 Å². The van der Waals surface area contributed by atoms with Crippen LogP contribution in [0.3, 0.4) is 0 Å². The van der Waals surface area contributed by atoms with E-state index < -0.39 is 0 Å². The highest BCUT2D eigenvalue weighted by molar-refractivity contribution is 6.30. The van der Waals surface area contributed by atoms with Crippen LogP contribution in [0.4, 0.5) is 5.69 Å². The molecule has 0 spiro atoms. The Kier molecular flexibility index (Phi) is 4.56. The van der Waals surface area contributed by atoms with Crippen molar-refractivity contribution >= 4 is 28.9 Å². The fourth-order valence-electron chi connectivity index (χ4n) is 2.22. The van der Waals surface area contributed by atoms with Crippen LogP contribution in [-0.2, 0) is 0 Å². The number of anilines is 1. The van der Waals surface area contributed by atoms with Crippen molar-refractivity contribution in [3.63, 3.8) is 0 Å². The van der Waals surface area contributed by atoms with Gasteiger partial charge in [-0.1, -0.05) is 41.4 Å². The molecular weight excluding hydrogens is 317 g/mol. The lowest BCUT2D eigenvalue weighted by Crippen LogP contribution is -2.13. The minimum absolute atomic E-state index is 0.127. The smallest absolute Gasteiger partial charge is 0.131 e. The SMILES string of the molecule is Clc1cccc(C(Nc2ccnc(Cl)c2)c2ccccn2)c1. The number of halogens is 2. The topological polar surface area (TPSA) is 37.8 Å². The van der Waals surface area contributed by atoms with E-state index in [-0.39, 0.29) is 6.04 Å². The third-order valence-corrected chi connectivity index (χ3v) is 3.64. The number of hydrogen-bond acceptors (Lipinski definition) is 3. The molecule has 0 aliphatic heterocycles. The van der Waals surface area contributed by atoms with Gasteiger partial charge in [-0.3, -0.25) is 4.98 Å². The third kappa shape index (κ3) is 3.56. The van der Waals surface area contributed by atoms with E-state index in [1.165, 1.54) is 0 Å². The van der Waals surface area contributed by atoms with Crippen LogP contribution >= 0.6 is 23.2 Å². The number of aromatic nitrogens is 2. The average molecular weight is 330 g/mol. The Morgan fingerprint density at radius 1 is 0.864 bits per heavy atom. The molecular formula is C17H13Cl2N3. The molecule has 2 aromatic heterocycles. The molecule has 0 aliphatic rings. The van der Waals surface area contributed by atoms with E-state index in [0.717, 1.165) is 16.9 Å². The Bertz CT molecular complexity index is 763. The number of benzene rings is 1. The Balaban J connectivity index is 2.00. The summed E-state index contributed by atoms with van der Waals surface area (Å²) >= 11 is 12.1. The maximum absolute atomic E-state index is 6.13. The van der Waals surface area contributed by atoms with Gasteiger partial charge >= 0.3 is 0 Å². The summed E-state index contributed by atoms with van der Waals surface area (Å²) < 4.78 is 0. The van der Waals surface area contributed by atoms with Crippen molar-refractivity contribution in [1.29, 1.82) is 0 Å². The van der Waals surface area contributed by atoms with Gasteiger partial charge in [-0.15, -0.1) is 0 Å². The van der Waals surface area contributed by atoms with E-state index in [0.29, 0.717) is 10.2 Å². The van der Waals surface area contributed by atoms with Gasteiger partial charge in [0.25, 0.3) is 0 Å². The van der Waals surface area contributed by atoms with Crippen LogP contribution < -0.4 is 5.32 Å². The standard InChI is InChI=1S/C17H13Cl2N3/c18-13-5-3-4-12(10-13)17(15-6-1-2-8-20-15)22-14-7-9-21-16(19)11-14/h1-11,17H,(H,21,22). The van der Waals surface area contributed by atoms with Gasteiger partial charge < -0.3 is 5.32 Å². The molecule has 1 unspecified atom stereocenters. The molecule has 0 bridgehead atoms. The average Bonchev–Trinajstić information content (AvgIpc) is 2.53. The summed E-state index contributed by atoms with van der Waals surface area (Å²) in [4.78, 5) is 8.44. The molecule has 0 fully saturated rings. The second-order valence-corrected chi connectivity index (χ2v) is 5.58. The van der Waals surface area contributed by atoms with Gasteiger partial charge in [-0.05, 0) is 42.0 Å². The molecule has 110 valence electrons. The zero-order chi connectivity index (χ0) is 15.4. The summed E-state index contributed by atoms with van der Waals surface area (Å²) in [6, 6.07) is 17.1. The first-order valence-corrected chi connectivity index (χ1v) is 7.52. The third-order valence-electron chi connectivity index (χ3n) is 3.20. The minimum atomic E-state index is -0.127. The molecule has 3 nitrogen and oxygen atoms in total. The highest BCUT2D eigenvalue weighted by Crippen LogP contribution is 2.27. The monoisotopic (exact) mass is 329 g/mol. The molecule has 3 rings (SSSR count). The van der Waals surface area contributed by atoms with Crippen molar-refractivity contribution in [2.24, 2.45) is 0 Å². The summed E-state index contributed by atoms with van der Waals surface area (Å²) in [6.07, 6.45) is 3.44. The molecule has 22 heavy (non-hydrogen) atoms. The molecule has 2 heterocycles. The molecule has 5 heteroatoms. The van der Waals surface area contributed by atoms with Gasteiger partial charge in [0.2, 0.25) is 0 Å². The summed E-state index contributed by atoms with van der Waals surface area (Å²) in [7, 11) is 0. The van der Waals surface area contributed by atoms with Gasteiger partial charge in [-0.2, -0.15) is 0 Å². The highest BCUT2D eigenvalue weighted by Gasteiger charge is 2.15. The molecule has 1 atom stereocenters. The fourth-order valence-corrected chi connectivity index (χ4v) is 2.59. The number of hydrogen-bond donors (Lipinski definition) is 1. The number of nitrogens with zero attached hydrogens (tertiary/aromatic N) is 2. The molecule has 3 aromatic rings. The Morgan fingerprint density at radius 3 is 2.50 bits per heavy atom. The van der Waals surface area contributed by atoms with Gasteiger partial charge in [-0.25, -0.2) is 4.98 Å². The van der Waals surface area contributed by atoms with E-state index >= 15 is 0 Å². The van der Waals surface area contributed by atoms with E-state index in [2.05, 4.69) is 15.3 Å². The number of nitrogens with one attached hydrogen (secondary N) is 1. The quantitative estimate of drug-likeness (QED) is 0.685. The van der Waals surface area contributed by atoms with Gasteiger partial charge in [0, 0.05) is 23.1 Å². The van der Waals surface area contributed by atoms with E-state index in [9.17, 15) is 0 Å². The van der Waals surface area contributed by atoms with E-state index in [1.54, 1.807) is 18.5 Å². The van der Waals surface area contributed by atoms with Crippen LogP contribution in [-0.4, -0.2) is 9.97 Å². The lowest BCUT2D eigenvalue weighted by Gasteiger charge is -2.20. The first-order chi connectivity index (χ1) is 10.7. The largest absolute Gasteiger partial charge is 0.373 e. The van der Waals surface area contributed by atoms with Crippen molar-refractivity contribution in [2.45, 2.75) is 6.04 Å². The van der Waals surface area contributed by atoms with Crippen LogP contribution in [0.2, 0.25) is 10.2 Å². The summed E-state index contributed by atoms with van der Waals surface area (Å²) in [5.41, 5.74) is 2.80. The maximum atomic E-state index is 6.13. The fraction of sp³-hybridized carbons (Fsp3) is 0.0588. The second kappa shape index (κ2) is 6.77. The molecule has 1 aromatic carbocycles.